The van der Waals surface area contributed by atoms with Crippen LogP contribution in [-0.2, 0) is 9.47 Å². The van der Waals surface area contributed by atoms with Crippen LogP contribution in [0.3, 0.4) is 0 Å². The molecule has 0 spiro atoms. The molecule has 1 fully saturated rings. The first kappa shape index (κ1) is 13.5. The average Bonchev–Trinajstić information content (AvgIpc) is 3.02. The molecule has 0 aromatic heterocycles. The van der Waals surface area contributed by atoms with E-state index in [0.717, 1.165) is 38.1 Å². The first-order chi connectivity index (χ1) is 9.92. The molecule has 4 heteroatoms. The van der Waals surface area contributed by atoms with Gasteiger partial charge in [-0.15, -0.1) is 0 Å². The summed E-state index contributed by atoms with van der Waals surface area (Å²) in [5.74, 6) is 0.870. The fraction of sp³-hybridized carbons (Fsp3) is 0.500. The molecule has 0 aromatic rings. The minimum atomic E-state index is 0.183. The fourth-order valence-corrected chi connectivity index (χ4v) is 2.84. The first-order valence-electron chi connectivity index (χ1n) is 7.40. The van der Waals surface area contributed by atoms with Crippen LogP contribution in [0.4, 0.5) is 0 Å². The minimum absolute atomic E-state index is 0.183. The molecule has 2 N–H and O–H groups in total. The summed E-state index contributed by atoms with van der Waals surface area (Å²) >= 11 is 0. The van der Waals surface area contributed by atoms with Gasteiger partial charge in [0.1, 0.15) is 18.8 Å². The molecule has 2 heterocycles. The summed E-state index contributed by atoms with van der Waals surface area (Å²) in [6.07, 6.45) is 15.9. The highest BCUT2D eigenvalue weighted by molar-refractivity contribution is 5.21. The Morgan fingerprint density at radius 1 is 1.40 bits per heavy atom. The monoisotopic (exact) mass is 274 g/mol. The minimum Gasteiger partial charge on any atom is -0.466 e. The van der Waals surface area contributed by atoms with Gasteiger partial charge in [0.25, 0.3) is 0 Å². The van der Waals surface area contributed by atoms with E-state index < -0.39 is 0 Å². The van der Waals surface area contributed by atoms with E-state index in [0.29, 0.717) is 6.04 Å². The standard InChI is InChI=1S/C16H22N2O2/c1-2-4-13(5-3-1)10-15(16-12-19-8-9-20-16)18-14-6-7-17-11-14/h1-2,4,8-9,12,14-15,17-18H,3,5-7,10-11H2. The van der Waals surface area contributed by atoms with E-state index in [9.17, 15) is 0 Å². The zero-order valence-electron chi connectivity index (χ0n) is 11.7. The van der Waals surface area contributed by atoms with Crippen LogP contribution in [0.15, 0.2) is 48.3 Å². The Kier molecular flexibility index (Phi) is 4.56. The lowest BCUT2D eigenvalue weighted by atomic mass is 9.96. The van der Waals surface area contributed by atoms with Crippen molar-refractivity contribution in [2.24, 2.45) is 0 Å². The molecule has 0 amide bonds. The molecular weight excluding hydrogens is 252 g/mol. The molecule has 0 radical (unpaired) electrons. The van der Waals surface area contributed by atoms with E-state index in [4.69, 9.17) is 9.47 Å². The van der Waals surface area contributed by atoms with Crippen molar-refractivity contribution in [1.82, 2.24) is 10.6 Å². The fourth-order valence-electron chi connectivity index (χ4n) is 2.84. The topological polar surface area (TPSA) is 42.5 Å². The summed E-state index contributed by atoms with van der Waals surface area (Å²) in [6.45, 7) is 2.12. The van der Waals surface area contributed by atoms with Crippen LogP contribution in [0, 0.1) is 0 Å². The van der Waals surface area contributed by atoms with Crippen LogP contribution in [-0.4, -0.2) is 25.2 Å². The summed E-state index contributed by atoms with van der Waals surface area (Å²) < 4.78 is 10.9. The van der Waals surface area contributed by atoms with E-state index in [1.54, 1.807) is 18.8 Å². The number of nitrogens with one attached hydrogen (secondary N) is 2. The first-order valence-corrected chi connectivity index (χ1v) is 7.40. The van der Waals surface area contributed by atoms with E-state index in [2.05, 4.69) is 28.9 Å². The van der Waals surface area contributed by atoms with Crippen LogP contribution in [0.1, 0.15) is 25.7 Å². The molecule has 1 saturated heterocycles. The number of hydrogen-bond acceptors (Lipinski definition) is 4. The van der Waals surface area contributed by atoms with Crippen LogP contribution in [0.2, 0.25) is 0 Å². The Balaban J connectivity index is 1.66. The molecule has 20 heavy (non-hydrogen) atoms. The quantitative estimate of drug-likeness (QED) is 0.807. The largest absolute Gasteiger partial charge is 0.466 e. The Morgan fingerprint density at radius 2 is 2.40 bits per heavy atom. The Labute approximate surface area is 120 Å². The van der Waals surface area contributed by atoms with Gasteiger partial charge in [0.2, 0.25) is 0 Å². The predicted molar refractivity (Wildman–Crippen MR) is 78.7 cm³/mol. The van der Waals surface area contributed by atoms with Gasteiger partial charge >= 0.3 is 0 Å². The normalized spacial score (nSPS) is 26.5. The van der Waals surface area contributed by atoms with Crippen molar-refractivity contribution in [3.8, 4) is 0 Å². The zero-order chi connectivity index (χ0) is 13.6. The van der Waals surface area contributed by atoms with Crippen molar-refractivity contribution in [3.05, 3.63) is 48.3 Å². The van der Waals surface area contributed by atoms with Gasteiger partial charge in [-0.1, -0.05) is 23.8 Å². The molecule has 3 aliphatic rings. The molecule has 0 saturated carbocycles. The van der Waals surface area contributed by atoms with E-state index >= 15 is 0 Å². The van der Waals surface area contributed by atoms with Crippen molar-refractivity contribution in [1.29, 1.82) is 0 Å². The molecule has 0 aromatic carbocycles. The molecule has 2 aliphatic heterocycles. The van der Waals surface area contributed by atoms with E-state index in [1.807, 2.05) is 0 Å². The van der Waals surface area contributed by atoms with Gasteiger partial charge in [-0.25, -0.2) is 0 Å². The zero-order valence-corrected chi connectivity index (χ0v) is 11.7. The summed E-state index contributed by atoms with van der Waals surface area (Å²) in [6, 6.07) is 0.692. The van der Waals surface area contributed by atoms with Gasteiger partial charge in [-0.05, 0) is 32.2 Å². The second-order valence-electron chi connectivity index (χ2n) is 5.45. The molecule has 108 valence electrons. The van der Waals surface area contributed by atoms with Gasteiger partial charge < -0.3 is 20.1 Å². The molecule has 2 atom stereocenters. The maximum atomic E-state index is 5.62. The average molecular weight is 274 g/mol. The SMILES string of the molecule is C1=CCCC(CC(NC2CCNC2)C2=COC=CO2)=C1. The van der Waals surface area contributed by atoms with Crippen LogP contribution >= 0.6 is 0 Å². The maximum absolute atomic E-state index is 5.62. The van der Waals surface area contributed by atoms with Gasteiger partial charge in [0, 0.05) is 12.6 Å². The summed E-state index contributed by atoms with van der Waals surface area (Å²) in [7, 11) is 0. The van der Waals surface area contributed by atoms with Crippen molar-refractivity contribution in [2.75, 3.05) is 13.1 Å². The van der Waals surface area contributed by atoms with Crippen LogP contribution < -0.4 is 10.6 Å². The summed E-state index contributed by atoms with van der Waals surface area (Å²) in [4.78, 5) is 0. The maximum Gasteiger partial charge on any atom is 0.155 e. The van der Waals surface area contributed by atoms with Gasteiger partial charge in [0.15, 0.2) is 5.76 Å². The Bertz CT molecular complexity index is 445. The smallest absolute Gasteiger partial charge is 0.155 e. The molecular formula is C16H22N2O2. The van der Waals surface area contributed by atoms with Crippen LogP contribution in [0.25, 0.3) is 0 Å². The highest BCUT2D eigenvalue weighted by Gasteiger charge is 2.24. The third kappa shape index (κ3) is 3.52. The lowest BCUT2D eigenvalue weighted by Crippen LogP contribution is -2.41. The van der Waals surface area contributed by atoms with E-state index in [1.165, 1.54) is 12.0 Å². The van der Waals surface area contributed by atoms with Gasteiger partial charge in [-0.2, -0.15) is 0 Å². The van der Waals surface area contributed by atoms with E-state index in [-0.39, 0.29) is 6.04 Å². The van der Waals surface area contributed by atoms with Gasteiger partial charge in [0.05, 0.1) is 6.04 Å². The van der Waals surface area contributed by atoms with Gasteiger partial charge in [-0.3, -0.25) is 0 Å². The predicted octanol–water partition coefficient (Wildman–Crippen LogP) is 2.33. The number of hydrogen-bond donors (Lipinski definition) is 2. The summed E-state index contributed by atoms with van der Waals surface area (Å²) in [5, 5.41) is 7.09. The highest BCUT2D eigenvalue weighted by atomic mass is 16.5. The number of ether oxygens (including phenoxy) is 2. The molecule has 0 bridgehead atoms. The third-order valence-electron chi connectivity index (χ3n) is 3.93. The van der Waals surface area contributed by atoms with Crippen molar-refractivity contribution < 1.29 is 9.47 Å². The lowest BCUT2D eigenvalue weighted by Gasteiger charge is -2.26. The molecule has 3 rings (SSSR count). The number of rotatable bonds is 5. The van der Waals surface area contributed by atoms with Crippen LogP contribution in [0.5, 0.6) is 0 Å². The molecule has 1 aliphatic carbocycles. The Morgan fingerprint density at radius 3 is 3.10 bits per heavy atom. The number of allylic oxidation sites excluding steroid dienone is 3. The summed E-state index contributed by atoms with van der Waals surface area (Å²) in [5.41, 5.74) is 1.47. The molecule has 2 unspecified atom stereocenters. The molecule has 4 nitrogen and oxygen atoms in total. The third-order valence-corrected chi connectivity index (χ3v) is 3.93. The second kappa shape index (κ2) is 6.77. The Hall–Kier alpha value is -1.52. The lowest BCUT2D eigenvalue weighted by molar-refractivity contribution is 0.221. The highest BCUT2D eigenvalue weighted by Crippen LogP contribution is 2.23. The van der Waals surface area contributed by atoms with Crippen molar-refractivity contribution in [2.45, 2.75) is 37.8 Å². The van der Waals surface area contributed by atoms with Crippen molar-refractivity contribution in [3.63, 3.8) is 0 Å². The van der Waals surface area contributed by atoms with Crippen molar-refractivity contribution >= 4 is 0 Å². The second-order valence-corrected chi connectivity index (χ2v) is 5.45.